The third-order valence-corrected chi connectivity index (χ3v) is 5.08. The minimum atomic E-state index is -0.827. The molecule has 0 unspecified atom stereocenters. The number of hydrogen-bond donors (Lipinski definition) is 1. The van der Waals surface area contributed by atoms with Crippen LogP contribution in [0.1, 0.15) is 30.1 Å². The number of ether oxygens (including phenoxy) is 2. The molecule has 7 nitrogen and oxygen atoms in total. The van der Waals surface area contributed by atoms with Gasteiger partial charge in [0.15, 0.2) is 0 Å². The molecule has 27 heavy (non-hydrogen) atoms. The normalized spacial score (nSPS) is 19.2. The molecule has 2 heterocycles. The third kappa shape index (κ3) is 4.72. The topological polar surface area (TPSA) is 85.1 Å². The Labute approximate surface area is 166 Å². The molecule has 2 amide bonds. The van der Waals surface area contributed by atoms with Crippen LogP contribution >= 0.6 is 12.4 Å². The second kappa shape index (κ2) is 9.39. The molecule has 2 aliphatic rings. The molecule has 1 aromatic carbocycles. The number of rotatable bonds is 4. The lowest BCUT2D eigenvalue weighted by molar-refractivity contribution is -0.142. The Hall–Kier alpha value is -1.83. The quantitative estimate of drug-likeness (QED) is 0.827. The van der Waals surface area contributed by atoms with Crippen LogP contribution in [0.15, 0.2) is 24.3 Å². The van der Waals surface area contributed by atoms with Crippen molar-refractivity contribution in [1.82, 2.24) is 9.80 Å². The molecule has 3 rings (SSSR count). The first-order valence-electron chi connectivity index (χ1n) is 9.22. The highest BCUT2D eigenvalue weighted by molar-refractivity contribution is 5.97. The highest BCUT2D eigenvalue weighted by atomic mass is 35.5. The van der Waals surface area contributed by atoms with Gasteiger partial charge in [0.2, 0.25) is 5.91 Å². The molecule has 2 saturated heterocycles. The van der Waals surface area contributed by atoms with E-state index in [1.807, 2.05) is 19.1 Å². The molecule has 1 aromatic rings. The van der Waals surface area contributed by atoms with Gasteiger partial charge in [-0.15, -0.1) is 12.4 Å². The van der Waals surface area contributed by atoms with E-state index in [2.05, 4.69) is 0 Å². The van der Waals surface area contributed by atoms with Gasteiger partial charge in [0.1, 0.15) is 5.75 Å². The molecular formula is C19H28ClN3O4. The Bertz CT molecular complexity index is 656. The number of nitrogens with zero attached hydrogens (tertiary/aromatic N) is 2. The molecule has 0 aliphatic carbocycles. The number of carbonyl (C=O) groups is 2. The van der Waals surface area contributed by atoms with Crippen LogP contribution in [0.2, 0.25) is 0 Å². The standard InChI is InChI=1S/C19H27N3O4.ClH/c1-2-26-16-6-4-3-5-15(16)17(23)21-9-11-22(12-10-21)18(24)19(20)7-13-25-14-8-19;/h3-6H,2,7-14,20H2,1H3;1H. The van der Waals surface area contributed by atoms with Crippen LogP contribution in [-0.2, 0) is 9.53 Å². The Morgan fingerprint density at radius 3 is 2.33 bits per heavy atom. The van der Waals surface area contributed by atoms with E-state index in [1.165, 1.54) is 0 Å². The largest absolute Gasteiger partial charge is 0.493 e. The molecule has 0 saturated carbocycles. The van der Waals surface area contributed by atoms with E-state index >= 15 is 0 Å². The first kappa shape index (κ1) is 21.5. The lowest BCUT2D eigenvalue weighted by Crippen LogP contribution is -2.61. The fourth-order valence-electron chi connectivity index (χ4n) is 3.47. The van der Waals surface area contributed by atoms with Crippen LogP contribution < -0.4 is 10.5 Å². The van der Waals surface area contributed by atoms with Gasteiger partial charge < -0.3 is 25.0 Å². The van der Waals surface area contributed by atoms with Crippen molar-refractivity contribution >= 4 is 24.2 Å². The van der Waals surface area contributed by atoms with Crippen LogP contribution in [-0.4, -0.2) is 73.2 Å². The number of hydrogen-bond acceptors (Lipinski definition) is 5. The number of nitrogens with two attached hydrogens (primary N) is 1. The molecule has 8 heteroatoms. The van der Waals surface area contributed by atoms with Gasteiger partial charge in [-0.2, -0.15) is 0 Å². The lowest BCUT2D eigenvalue weighted by atomic mass is 9.89. The number of para-hydroxylation sites is 1. The molecule has 0 bridgehead atoms. The fraction of sp³-hybridized carbons (Fsp3) is 0.579. The van der Waals surface area contributed by atoms with Crippen molar-refractivity contribution in [2.24, 2.45) is 5.73 Å². The minimum absolute atomic E-state index is 0. The zero-order valence-corrected chi connectivity index (χ0v) is 16.5. The Morgan fingerprint density at radius 1 is 1.11 bits per heavy atom. The second-order valence-electron chi connectivity index (χ2n) is 6.78. The SMILES string of the molecule is CCOc1ccccc1C(=O)N1CCN(C(=O)C2(N)CCOCC2)CC1.Cl. The first-order valence-corrected chi connectivity index (χ1v) is 9.22. The van der Waals surface area contributed by atoms with Gasteiger partial charge >= 0.3 is 0 Å². The maximum Gasteiger partial charge on any atom is 0.257 e. The van der Waals surface area contributed by atoms with Crippen LogP contribution in [0.25, 0.3) is 0 Å². The maximum absolute atomic E-state index is 12.8. The van der Waals surface area contributed by atoms with Crippen molar-refractivity contribution in [2.75, 3.05) is 46.0 Å². The summed E-state index contributed by atoms with van der Waals surface area (Å²) in [7, 11) is 0. The molecular weight excluding hydrogens is 370 g/mol. The van der Waals surface area contributed by atoms with Crippen molar-refractivity contribution in [3.63, 3.8) is 0 Å². The molecule has 0 radical (unpaired) electrons. The Kier molecular flexibility index (Phi) is 7.47. The lowest BCUT2D eigenvalue weighted by Gasteiger charge is -2.41. The van der Waals surface area contributed by atoms with Gasteiger partial charge in [-0.05, 0) is 31.9 Å². The van der Waals surface area contributed by atoms with Crippen LogP contribution in [0, 0.1) is 0 Å². The minimum Gasteiger partial charge on any atom is -0.493 e. The summed E-state index contributed by atoms with van der Waals surface area (Å²) >= 11 is 0. The number of piperazine rings is 1. The number of halogens is 1. The smallest absolute Gasteiger partial charge is 0.257 e. The summed E-state index contributed by atoms with van der Waals surface area (Å²) in [4.78, 5) is 29.2. The summed E-state index contributed by atoms with van der Waals surface area (Å²) in [5, 5.41) is 0. The fourth-order valence-corrected chi connectivity index (χ4v) is 3.47. The summed E-state index contributed by atoms with van der Waals surface area (Å²) in [5.41, 5.74) is 6.04. The van der Waals surface area contributed by atoms with Crippen molar-refractivity contribution in [2.45, 2.75) is 25.3 Å². The second-order valence-corrected chi connectivity index (χ2v) is 6.78. The van der Waals surface area contributed by atoms with Crippen LogP contribution in [0.5, 0.6) is 5.75 Å². The van der Waals surface area contributed by atoms with Crippen LogP contribution in [0.3, 0.4) is 0 Å². The third-order valence-electron chi connectivity index (χ3n) is 5.08. The van der Waals surface area contributed by atoms with Gasteiger partial charge in [0.25, 0.3) is 5.91 Å². The number of amides is 2. The van der Waals surface area contributed by atoms with E-state index in [0.717, 1.165) is 0 Å². The average molecular weight is 398 g/mol. The molecule has 150 valence electrons. The molecule has 2 fully saturated rings. The van der Waals surface area contributed by atoms with Crippen molar-refractivity contribution in [3.8, 4) is 5.75 Å². The number of carbonyl (C=O) groups excluding carboxylic acids is 2. The van der Waals surface area contributed by atoms with Gasteiger partial charge in [-0.1, -0.05) is 12.1 Å². The summed E-state index contributed by atoms with van der Waals surface area (Å²) in [6.45, 7) is 5.45. The summed E-state index contributed by atoms with van der Waals surface area (Å²) in [6.07, 6.45) is 1.10. The molecule has 0 aromatic heterocycles. The molecule has 0 atom stereocenters. The van der Waals surface area contributed by atoms with Gasteiger partial charge in [-0.25, -0.2) is 0 Å². The van der Waals surface area contributed by atoms with Crippen molar-refractivity contribution < 1.29 is 19.1 Å². The van der Waals surface area contributed by atoms with E-state index in [1.54, 1.807) is 21.9 Å². The summed E-state index contributed by atoms with van der Waals surface area (Å²) in [5.74, 6) is 0.513. The Balaban J connectivity index is 0.00000261. The van der Waals surface area contributed by atoms with Crippen molar-refractivity contribution in [1.29, 1.82) is 0 Å². The van der Waals surface area contributed by atoms with E-state index in [-0.39, 0.29) is 24.2 Å². The van der Waals surface area contributed by atoms with Gasteiger partial charge in [-0.3, -0.25) is 9.59 Å². The number of benzene rings is 1. The highest BCUT2D eigenvalue weighted by Gasteiger charge is 2.40. The Morgan fingerprint density at radius 2 is 1.70 bits per heavy atom. The van der Waals surface area contributed by atoms with E-state index in [4.69, 9.17) is 15.2 Å². The molecule has 2 aliphatic heterocycles. The first-order chi connectivity index (χ1) is 12.5. The zero-order chi connectivity index (χ0) is 18.6. The van der Waals surface area contributed by atoms with Crippen LogP contribution in [0.4, 0.5) is 0 Å². The monoisotopic (exact) mass is 397 g/mol. The molecule has 2 N–H and O–H groups in total. The highest BCUT2D eigenvalue weighted by Crippen LogP contribution is 2.23. The predicted octanol–water partition coefficient (Wildman–Crippen LogP) is 1.30. The average Bonchev–Trinajstić information content (AvgIpc) is 2.68. The zero-order valence-electron chi connectivity index (χ0n) is 15.7. The van der Waals surface area contributed by atoms with E-state index in [9.17, 15) is 9.59 Å². The summed E-state index contributed by atoms with van der Waals surface area (Å²) in [6, 6.07) is 7.27. The van der Waals surface area contributed by atoms with Crippen molar-refractivity contribution in [3.05, 3.63) is 29.8 Å². The molecule has 0 spiro atoms. The maximum atomic E-state index is 12.8. The predicted molar refractivity (Wildman–Crippen MR) is 104 cm³/mol. The van der Waals surface area contributed by atoms with Gasteiger partial charge in [0, 0.05) is 39.4 Å². The van der Waals surface area contributed by atoms with E-state index in [0.29, 0.717) is 70.2 Å². The van der Waals surface area contributed by atoms with Gasteiger partial charge in [0.05, 0.1) is 17.7 Å². The van der Waals surface area contributed by atoms with E-state index < -0.39 is 5.54 Å². The summed E-state index contributed by atoms with van der Waals surface area (Å²) < 4.78 is 10.9.